The molecule has 2 aromatic carbocycles. The third-order valence-electron chi connectivity index (χ3n) is 3.17. The number of rotatable bonds is 4. The Hall–Kier alpha value is -3.22. The molecule has 110 valence electrons. The van der Waals surface area contributed by atoms with Gasteiger partial charge in [-0.2, -0.15) is 0 Å². The Labute approximate surface area is 125 Å². The summed E-state index contributed by atoms with van der Waals surface area (Å²) < 4.78 is 5.05. The minimum absolute atomic E-state index is 0.124. The number of para-hydroxylation sites is 1. The quantitative estimate of drug-likeness (QED) is 0.587. The van der Waals surface area contributed by atoms with Crippen molar-refractivity contribution in [3.63, 3.8) is 0 Å². The zero-order valence-electron chi connectivity index (χ0n) is 11.7. The highest BCUT2D eigenvalue weighted by atomic mass is 16.6. The number of aromatic nitrogens is 2. The highest BCUT2D eigenvalue weighted by Gasteiger charge is 2.18. The van der Waals surface area contributed by atoms with Gasteiger partial charge >= 0.3 is 5.69 Å². The van der Waals surface area contributed by atoms with Crippen molar-refractivity contribution >= 4 is 28.1 Å². The smallest absolute Gasteiger partial charge is 0.311 e. The van der Waals surface area contributed by atoms with Gasteiger partial charge in [0.2, 0.25) is 0 Å². The maximum absolute atomic E-state index is 11.2. The summed E-state index contributed by atoms with van der Waals surface area (Å²) in [5.41, 5.74) is 1.28. The van der Waals surface area contributed by atoms with E-state index >= 15 is 0 Å². The molecule has 1 heterocycles. The molecule has 0 fully saturated rings. The number of nitrogens with one attached hydrogen (secondary N) is 1. The lowest BCUT2D eigenvalue weighted by atomic mass is 10.2. The first-order valence-electron chi connectivity index (χ1n) is 6.48. The molecule has 0 aliphatic heterocycles. The maximum atomic E-state index is 11.2. The number of hydrogen-bond donors (Lipinski definition) is 1. The maximum Gasteiger partial charge on any atom is 0.311 e. The lowest BCUT2D eigenvalue weighted by molar-refractivity contribution is -0.385. The largest absolute Gasteiger partial charge is 0.490 e. The van der Waals surface area contributed by atoms with Gasteiger partial charge in [-0.25, -0.2) is 9.97 Å². The SMILES string of the molecule is COc1cc2ncnc(Nc3ccccc3)c2cc1[N+](=O)[O-]. The summed E-state index contributed by atoms with van der Waals surface area (Å²) in [7, 11) is 1.39. The molecule has 7 heteroatoms. The molecule has 0 saturated heterocycles. The summed E-state index contributed by atoms with van der Waals surface area (Å²) in [5, 5.41) is 14.8. The van der Waals surface area contributed by atoms with E-state index in [1.165, 1.54) is 25.6 Å². The molecule has 0 spiro atoms. The van der Waals surface area contributed by atoms with Gasteiger partial charge in [0.15, 0.2) is 5.75 Å². The highest BCUT2D eigenvalue weighted by molar-refractivity contribution is 5.93. The number of ether oxygens (including phenoxy) is 1. The van der Waals surface area contributed by atoms with Crippen molar-refractivity contribution in [1.82, 2.24) is 9.97 Å². The average Bonchev–Trinajstić information content (AvgIpc) is 2.54. The van der Waals surface area contributed by atoms with E-state index in [4.69, 9.17) is 4.74 Å². The number of nitro benzene ring substituents is 1. The van der Waals surface area contributed by atoms with E-state index in [0.29, 0.717) is 16.7 Å². The molecule has 0 aliphatic rings. The van der Waals surface area contributed by atoms with Crippen LogP contribution in [0.15, 0.2) is 48.8 Å². The van der Waals surface area contributed by atoms with Gasteiger partial charge in [-0.3, -0.25) is 10.1 Å². The molecule has 0 saturated carbocycles. The topological polar surface area (TPSA) is 90.2 Å². The second-order valence-electron chi connectivity index (χ2n) is 4.51. The van der Waals surface area contributed by atoms with Crippen LogP contribution in [-0.2, 0) is 0 Å². The van der Waals surface area contributed by atoms with Crippen LogP contribution in [0.5, 0.6) is 5.75 Å². The Morgan fingerprint density at radius 2 is 1.95 bits per heavy atom. The predicted octanol–water partition coefficient (Wildman–Crippen LogP) is 3.29. The summed E-state index contributed by atoms with van der Waals surface area (Å²) in [6, 6.07) is 12.4. The molecule has 1 aromatic heterocycles. The van der Waals surface area contributed by atoms with Crippen LogP contribution in [0, 0.1) is 10.1 Å². The van der Waals surface area contributed by atoms with Gasteiger partial charge in [0.1, 0.15) is 12.1 Å². The summed E-state index contributed by atoms with van der Waals surface area (Å²) >= 11 is 0. The Bertz CT molecular complexity index is 837. The molecule has 7 nitrogen and oxygen atoms in total. The van der Waals surface area contributed by atoms with E-state index in [1.807, 2.05) is 30.3 Å². The van der Waals surface area contributed by atoms with Crippen molar-refractivity contribution in [1.29, 1.82) is 0 Å². The number of nitro groups is 1. The van der Waals surface area contributed by atoms with Crippen LogP contribution >= 0.6 is 0 Å². The van der Waals surface area contributed by atoms with Crippen molar-refractivity contribution in [2.24, 2.45) is 0 Å². The third-order valence-corrected chi connectivity index (χ3v) is 3.17. The van der Waals surface area contributed by atoms with E-state index in [1.54, 1.807) is 0 Å². The molecular weight excluding hydrogens is 284 g/mol. The minimum atomic E-state index is -0.489. The summed E-state index contributed by atoms with van der Waals surface area (Å²) in [6.07, 6.45) is 1.40. The van der Waals surface area contributed by atoms with Crippen molar-refractivity contribution in [3.8, 4) is 5.75 Å². The fourth-order valence-electron chi connectivity index (χ4n) is 2.14. The zero-order chi connectivity index (χ0) is 15.5. The van der Waals surface area contributed by atoms with E-state index in [0.717, 1.165) is 5.69 Å². The molecular formula is C15H12N4O3. The summed E-state index contributed by atoms with van der Waals surface area (Å²) in [5.74, 6) is 0.670. The van der Waals surface area contributed by atoms with Gasteiger partial charge in [-0.05, 0) is 12.1 Å². The Balaban J connectivity index is 2.15. The van der Waals surface area contributed by atoms with E-state index in [9.17, 15) is 10.1 Å². The van der Waals surface area contributed by atoms with Crippen LogP contribution in [0.25, 0.3) is 10.9 Å². The normalized spacial score (nSPS) is 10.4. The molecule has 3 rings (SSSR count). The Morgan fingerprint density at radius 3 is 2.64 bits per heavy atom. The standard InChI is InChI=1S/C15H12N4O3/c1-22-14-8-12-11(7-13(14)19(20)21)15(17-9-16-12)18-10-5-3-2-4-6-10/h2-9H,1H3,(H,16,17,18). The van der Waals surface area contributed by atoms with Gasteiger partial charge in [-0.1, -0.05) is 18.2 Å². The minimum Gasteiger partial charge on any atom is -0.490 e. The number of fused-ring (bicyclic) bond motifs is 1. The first kappa shape index (κ1) is 13.7. The molecule has 0 aliphatic carbocycles. The second kappa shape index (κ2) is 5.65. The third kappa shape index (κ3) is 2.51. The van der Waals surface area contributed by atoms with Gasteiger partial charge in [0.25, 0.3) is 0 Å². The number of methoxy groups -OCH3 is 1. The molecule has 0 amide bonds. The van der Waals surface area contributed by atoms with Gasteiger partial charge in [0, 0.05) is 17.8 Å². The Morgan fingerprint density at radius 1 is 1.18 bits per heavy atom. The first-order chi connectivity index (χ1) is 10.7. The lowest BCUT2D eigenvalue weighted by Gasteiger charge is -2.09. The monoisotopic (exact) mass is 296 g/mol. The van der Waals surface area contributed by atoms with E-state index < -0.39 is 4.92 Å². The predicted molar refractivity (Wildman–Crippen MR) is 82.5 cm³/mol. The molecule has 22 heavy (non-hydrogen) atoms. The fourth-order valence-corrected chi connectivity index (χ4v) is 2.14. The molecule has 1 N–H and O–H groups in total. The van der Waals surface area contributed by atoms with E-state index in [-0.39, 0.29) is 11.4 Å². The van der Waals surface area contributed by atoms with Gasteiger partial charge in [0.05, 0.1) is 22.9 Å². The first-order valence-corrected chi connectivity index (χ1v) is 6.48. The van der Waals surface area contributed by atoms with Gasteiger partial charge < -0.3 is 10.1 Å². The van der Waals surface area contributed by atoms with E-state index in [2.05, 4.69) is 15.3 Å². The van der Waals surface area contributed by atoms with Crippen LogP contribution in [0.3, 0.4) is 0 Å². The molecule has 3 aromatic rings. The van der Waals surface area contributed by atoms with Crippen LogP contribution in [0.1, 0.15) is 0 Å². The van der Waals surface area contributed by atoms with Crippen LogP contribution < -0.4 is 10.1 Å². The lowest BCUT2D eigenvalue weighted by Crippen LogP contribution is -1.99. The zero-order valence-corrected chi connectivity index (χ0v) is 11.7. The number of nitrogens with zero attached hydrogens (tertiary/aromatic N) is 3. The van der Waals surface area contributed by atoms with Crippen molar-refractivity contribution in [3.05, 3.63) is 58.9 Å². The van der Waals surface area contributed by atoms with Crippen LogP contribution in [-0.4, -0.2) is 22.0 Å². The summed E-state index contributed by atoms with van der Waals surface area (Å²) in [4.78, 5) is 19.0. The number of benzene rings is 2. The summed E-state index contributed by atoms with van der Waals surface area (Å²) in [6.45, 7) is 0. The molecule has 0 atom stereocenters. The Kier molecular flexibility index (Phi) is 3.53. The molecule has 0 unspecified atom stereocenters. The molecule has 0 radical (unpaired) electrons. The van der Waals surface area contributed by atoms with Crippen molar-refractivity contribution in [2.45, 2.75) is 0 Å². The average molecular weight is 296 g/mol. The fraction of sp³-hybridized carbons (Fsp3) is 0.0667. The van der Waals surface area contributed by atoms with Crippen molar-refractivity contribution < 1.29 is 9.66 Å². The van der Waals surface area contributed by atoms with Crippen LogP contribution in [0.4, 0.5) is 17.2 Å². The van der Waals surface area contributed by atoms with Crippen molar-refractivity contribution in [2.75, 3.05) is 12.4 Å². The van der Waals surface area contributed by atoms with Crippen LogP contribution in [0.2, 0.25) is 0 Å². The number of hydrogen-bond acceptors (Lipinski definition) is 6. The number of anilines is 2. The second-order valence-corrected chi connectivity index (χ2v) is 4.51. The van der Waals surface area contributed by atoms with Gasteiger partial charge in [-0.15, -0.1) is 0 Å². The molecule has 0 bridgehead atoms. The highest BCUT2D eigenvalue weighted by Crippen LogP contribution is 2.34.